The van der Waals surface area contributed by atoms with Crippen LogP contribution in [0.25, 0.3) is 0 Å². The zero-order valence-electron chi connectivity index (χ0n) is 19.8. The van der Waals surface area contributed by atoms with Crippen molar-refractivity contribution in [3.8, 4) is 0 Å². The Kier molecular flexibility index (Phi) is 9.53. The number of amides is 2. The third kappa shape index (κ3) is 6.69. The molecular weight excluding hydrogens is 428 g/mol. The molecule has 2 amide bonds. The van der Waals surface area contributed by atoms with Crippen molar-refractivity contribution in [1.29, 1.82) is 0 Å². The molecule has 1 fully saturated rings. The molecule has 33 heavy (non-hydrogen) atoms. The van der Waals surface area contributed by atoms with Crippen LogP contribution in [0.3, 0.4) is 0 Å². The number of esters is 1. The van der Waals surface area contributed by atoms with Gasteiger partial charge in [0.2, 0.25) is 0 Å². The molecule has 184 valence electrons. The fourth-order valence-electron chi connectivity index (χ4n) is 4.38. The molecule has 1 unspecified atom stereocenters. The van der Waals surface area contributed by atoms with Crippen LogP contribution in [0.5, 0.6) is 0 Å². The van der Waals surface area contributed by atoms with Crippen molar-refractivity contribution >= 4 is 18.0 Å². The molecule has 10 heteroatoms. The number of likely N-dealkylation sites (tertiary alicyclic amines) is 1. The summed E-state index contributed by atoms with van der Waals surface area (Å²) in [5, 5.41) is 7.67. The van der Waals surface area contributed by atoms with Crippen LogP contribution in [0.1, 0.15) is 60.8 Å². The molecular formula is C23H36N4O6. The van der Waals surface area contributed by atoms with Gasteiger partial charge in [-0.3, -0.25) is 14.3 Å². The van der Waals surface area contributed by atoms with E-state index in [1.807, 2.05) is 11.6 Å². The molecule has 2 aliphatic heterocycles. The van der Waals surface area contributed by atoms with Crippen LogP contribution in [-0.2, 0) is 38.4 Å². The molecule has 0 aromatic carbocycles. The number of nitrogens with one attached hydrogen (secondary N) is 1. The van der Waals surface area contributed by atoms with Gasteiger partial charge in [0, 0.05) is 45.8 Å². The number of ether oxygens (including phenoxy) is 3. The van der Waals surface area contributed by atoms with E-state index >= 15 is 0 Å². The predicted octanol–water partition coefficient (Wildman–Crippen LogP) is 1.94. The Morgan fingerprint density at radius 3 is 2.85 bits per heavy atom. The van der Waals surface area contributed by atoms with E-state index in [1.54, 1.807) is 4.90 Å². The summed E-state index contributed by atoms with van der Waals surface area (Å²) >= 11 is 0. The van der Waals surface area contributed by atoms with Gasteiger partial charge in [-0.05, 0) is 38.5 Å². The predicted molar refractivity (Wildman–Crippen MR) is 120 cm³/mol. The second kappa shape index (κ2) is 12.6. The van der Waals surface area contributed by atoms with Crippen LogP contribution in [0, 0.1) is 5.92 Å². The standard InChI is InChI=1S/C23H36N4O6/c1-3-18-20-19(9-5-13-32-14-6-10-24-21(20)28)27(25-18)12-7-15-33-22(29)17-8-4-11-26(16-17)23(30)31-2/h17H,3-16H2,1-2H3,(H,24,28). The van der Waals surface area contributed by atoms with E-state index in [0.717, 1.165) is 30.7 Å². The molecule has 3 heterocycles. The maximum absolute atomic E-state index is 12.8. The Balaban J connectivity index is 1.57. The topological polar surface area (TPSA) is 112 Å². The molecule has 0 bridgehead atoms. The maximum Gasteiger partial charge on any atom is 0.409 e. The lowest BCUT2D eigenvalue weighted by Gasteiger charge is -2.30. The molecule has 1 atom stereocenters. The first-order valence-electron chi connectivity index (χ1n) is 12.0. The third-order valence-corrected chi connectivity index (χ3v) is 6.09. The second-order valence-corrected chi connectivity index (χ2v) is 8.45. The van der Waals surface area contributed by atoms with Crippen molar-refractivity contribution in [3.05, 3.63) is 17.0 Å². The lowest BCUT2D eigenvalue weighted by atomic mass is 9.99. The lowest BCUT2D eigenvalue weighted by molar-refractivity contribution is -0.150. The summed E-state index contributed by atoms with van der Waals surface area (Å²) in [5.41, 5.74) is 2.40. The van der Waals surface area contributed by atoms with Crippen LogP contribution in [0.2, 0.25) is 0 Å². The number of rotatable bonds is 6. The van der Waals surface area contributed by atoms with Crippen molar-refractivity contribution in [2.24, 2.45) is 5.92 Å². The van der Waals surface area contributed by atoms with Crippen LogP contribution >= 0.6 is 0 Å². The first-order valence-corrected chi connectivity index (χ1v) is 12.0. The number of hydrogen-bond donors (Lipinski definition) is 1. The minimum absolute atomic E-state index is 0.0751. The summed E-state index contributed by atoms with van der Waals surface area (Å²) in [6.07, 6.45) is 4.63. The molecule has 0 spiro atoms. The van der Waals surface area contributed by atoms with Crippen LogP contribution < -0.4 is 5.32 Å². The van der Waals surface area contributed by atoms with Crippen molar-refractivity contribution in [3.63, 3.8) is 0 Å². The van der Waals surface area contributed by atoms with Gasteiger partial charge in [0.1, 0.15) is 0 Å². The van der Waals surface area contributed by atoms with Crippen LogP contribution in [0.15, 0.2) is 0 Å². The average molecular weight is 465 g/mol. The molecule has 1 aromatic heterocycles. The van der Waals surface area contributed by atoms with Gasteiger partial charge in [-0.25, -0.2) is 4.79 Å². The number of carbonyl (C=O) groups excluding carboxylic acids is 3. The molecule has 1 N–H and O–H groups in total. The number of methoxy groups -OCH3 is 1. The zero-order valence-corrected chi connectivity index (χ0v) is 19.8. The van der Waals surface area contributed by atoms with Gasteiger partial charge in [0.15, 0.2) is 0 Å². The average Bonchev–Trinajstić information content (AvgIpc) is 3.18. The molecule has 1 saturated heterocycles. The molecule has 1 aromatic rings. The van der Waals surface area contributed by atoms with Crippen LogP contribution in [-0.4, -0.2) is 79.2 Å². The van der Waals surface area contributed by atoms with E-state index in [-0.39, 0.29) is 24.4 Å². The van der Waals surface area contributed by atoms with Gasteiger partial charge in [-0.2, -0.15) is 5.10 Å². The molecule has 0 aliphatic carbocycles. The van der Waals surface area contributed by atoms with Gasteiger partial charge in [0.25, 0.3) is 5.91 Å². The van der Waals surface area contributed by atoms with Crippen LogP contribution in [0.4, 0.5) is 4.79 Å². The van der Waals surface area contributed by atoms with E-state index in [4.69, 9.17) is 19.3 Å². The Morgan fingerprint density at radius 2 is 2.06 bits per heavy atom. The van der Waals surface area contributed by atoms with E-state index in [0.29, 0.717) is 70.6 Å². The number of carbonyl (C=O) groups is 3. The van der Waals surface area contributed by atoms with E-state index in [2.05, 4.69) is 5.32 Å². The maximum atomic E-state index is 12.8. The van der Waals surface area contributed by atoms with Crippen molar-refractivity contribution in [1.82, 2.24) is 20.0 Å². The molecule has 2 aliphatic rings. The first kappa shape index (κ1) is 25.0. The van der Waals surface area contributed by atoms with Gasteiger partial charge in [0.05, 0.1) is 36.6 Å². The number of aryl methyl sites for hydroxylation is 2. The summed E-state index contributed by atoms with van der Waals surface area (Å²) in [6.45, 7) is 5.63. The van der Waals surface area contributed by atoms with Crippen molar-refractivity contribution in [2.75, 3.05) is 46.6 Å². The molecule has 0 saturated carbocycles. The van der Waals surface area contributed by atoms with Crippen molar-refractivity contribution in [2.45, 2.75) is 58.4 Å². The van der Waals surface area contributed by atoms with E-state index in [1.165, 1.54) is 7.11 Å². The number of fused-ring (bicyclic) bond motifs is 1. The Bertz CT molecular complexity index is 824. The smallest absolute Gasteiger partial charge is 0.409 e. The monoisotopic (exact) mass is 464 g/mol. The number of aromatic nitrogens is 2. The van der Waals surface area contributed by atoms with Gasteiger partial charge in [-0.1, -0.05) is 6.92 Å². The highest BCUT2D eigenvalue weighted by atomic mass is 16.5. The summed E-state index contributed by atoms with van der Waals surface area (Å²) in [5.74, 6) is -0.683. The Morgan fingerprint density at radius 1 is 1.24 bits per heavy atom. The number of nitrogens with zero attached hydrogens (tertiary/aromatic N) is 3. The number of hydrogen-bond acceptors (Lipinski definition) is 7. The van der Waals surface area contributed by atoms with E-state index in [9.17, 15) is 14.4 Å². The lowest BCUT2D eigenvalue weighted by Crippen LogP contribution is -2.42. The van der Waals surface area contributed by atoms with Gasteiger partial charge >= 0.3 is 12.1 Å². The highest BCUT2D eigenvalue weighted by Crippen LogP contribution is 2.20. The number of piperidine rings is 1. The normalized spacial score (nSPS) is 19.8. The summed E-state index contributed by atoms with van der Waals surface area (Å²) in [6, 6.07) is 0. The fourth-order valence-corrected chi connectivity index (χ4v) is 4.38. The third-order valence-electron chi connectivity index (χ3n) is 6.09. The molecule has 10 nitrogen and oxygen atoms in total. The molecule has 0 radical (unpaired) electrons. The quantitative estimate of drug-likeness (QED) is 0.506. The molecule has 3 rings (SSSR count). The minimum Gasteiger partial charge on any atom is -0.465 e. The van der Waals surface area contributed by atoms with Crippen molar-refractivity contribution < 1.29 is 28.6 Å². The Labute approximate surface area is 194 Å². The van der Waals surface area contributed by atoms with Gasteiger partial charge < -0.3 is 24.4 Å². The largest absolute Gasteiger partial charge is 0.465 e. The fraction of sp³-hybridized carbons (Fsp3) is 0.739. The summed E-state index contributed by atoms with van der Waals surface area (Å²) in [7, 11) is 1.34. The van der Waals surface area contributed by atoms with E-state index < -0.39 is 6.09 Å². The van der Waals surface area contributed by atoms with Gasteiger partial charge in [-0.15, -0.1) is 0 Å². The first-order chi connectivity index (χ1) is 16.0. The summed E-state index contributed by atoms with van der Waals surface area (Å²) < 4.78 is 17.8. The highest BCUT2D eigenvalue weighted by Gasteiger charge is 2.30. The minimum atomic E-state index is -0.411. The SMILES string of the molecule is CCc1nn(CCCOC(=O)C2CCCN(C(=O)OC)C2)c2c1C(=O)NCCCOCCC2. The highest BCUT2D eigenvalue weighted by molar-refractivity contribution is 5.96. The summed E-state index contributed by atoms with van der Waals surface area (Å²) in [4.78, 5) is 38.6. The zero-order chi connectivity index (χ0) is 23.6. The Hall–Kier alpha value is -2.62. The second-order valence-electron chi connectivity index (χ2n) is 8.45.